The molecule has 0 saturated heterocycles. The Hall–Kier alpha value is -2.18. The second-order valence-corrected chi connectivity index (χ2v) is 5.37. The van der Waals surface area contributed by atoms with Crippen LogP contribution in [-0.2, 0) is 0 Å². The van der Waals surface area contributed by atoms with Crippen molar-refractivity contribution in [1.29, 1.82) is 0 Å². The monoisotopic (exact) mass is 262 g/mol. The van der Waals surface area contributed by atoms with Crippen molar-refractivity contribution in [2.45, 2.75) is 26.2 Å². The summed E-state index contributed by atoms with van der Waals surface area (Å²) in [5, 5.41) is 21.5. The molecule has 1 heterocycles. The Bertz CT molecular complexity index is 633. The molecular weight excluding hydrogens is 248 g/mol. The van der Waals surface area contributed by atoms with Gasteiger partial charge in [-0.2, -0.15) is 0 Å². The van der Waals surface area contributed by atoms with E-state index in [2.05, 4.69) is 27.2 Å². The van der Waals surface area contributed by atoms with Crippen LogP contribution in [-0.4, -0.2) is 21.8 Å². The second-order valence-electron chi connectivity index (χ2n) is 5.37. The molecule has 3 rings (SSSR count). The van der Waals surface area contributed by atoms with Gasteiger partial charge in [0.25, 0.3) is 0 Å². The normalized spacial score (nSPS) is 17.1. The van der Waals surface area contributed by atoms with Crippen molar-refractivity contribution < 1.29 is 9.55 Å². The summed E-state index contributed by atoms with van der Waals surface area (Å²) < 4.78 is 4.62. The number of rotatable bonds is 4. The van der Waals surface area contributed by atoms with E-state index in [0.29, 0.717) is 10.9 Å². The maximum Gasteiger partial charge on any atom is 0.300 e. The quantitative estimate of drug-likeness (QED) is 0.672. The molecule has 0 radical (unpaired) electrons. The minimum absolute atomic E-state index is 0.0864. The van der Waals surface area contributed by atoms with E-state index in [1.807, 2.05) is 0 Å². The molecule has 100 valence electrons. The minimum atomic E-state index is -0.483. The first kappa shape index (κ1) is 11.9. The third-order valence-corrected chi connectivity index (χ3v) is 3.86. The number of non-ortho nitro benzene ring substituents is 1. The molecule has 1 saturated carbocycles. The van der Waals surface area contributed by atoms with Crippen LogP contribution < -0.4 is 5.32 Å². The molecule has 0 aliphatic heterocycles. The fraction of sp³-hybridized carbons (Fsp3) is 0.500. The summed E-state index contributed by atoms with van der Waals surface area (Å²) >= 11 is 0. The molecule has 1 N–H and O–H groups in total. The van der Waals surface area contributed by atoms with Crippen molar-refractivity contribution in [1.82, 2.24) is 10.3 Å². The number of nitro groups is 1. The number of nitro benzene ring substituents is 1. The Balaban J connectivity index is 1.90. The lowest BCUT2D eigenvalue weighted by molar-refractivity contribution is -0.383. The first-order valence-electron chi connectivity index (χ1n) is 6.23. The molecule has 7 heteroatoms. The smallest absolute Gasteiger partial charge is 0.300 e. The molecule has 0 unspecified atom stereocenters. The van der Waals surface area contributed by atoms with Gasteiger partial charge in [0, 0.05) is 12.6 Å². The van der Waals surface area contributed by atoms with Crippen LogP contribution in [0.25, 0.3) is 11.0 Å². The van der Waals surface area contributed by atoms with E-state index >= 15 is 0 Å². The van der Waals surface area contributed by atoms with Crippen molar-refractivity contribution in [2.24, 2.45) is 5.41 Å². The van der Waals surface area contributed by atoms with Crippen LogP contribution in [0.2, 0.25) is 0 Å². The van der Waals surface area contributed by atoms with Gasteiger partial charge >= 0.3 is 5.69 Å². The van der Waals surface area contributed by atoms with Gasteiger partial charge in [-0.15, -0.1) is 0 Å². The highest BCUT2D eigenvalue weighted by Crippen LogP contribution is 2.40. The molecule has 1 fully saturated rings. The summed E-state index contributed by atoms with van der Waals surface area (Å²) in [6, 6.07) is 3.09. The predicted molar refractivity (Wildman–Crippen MR) is 68.9 cm³/mol. The van der Waals surface area contributed by atoms with Gasteiger partial charge in [0.05, 0.1) is 10.6 Å². The number of nitrogens with zero attached hydrogens (tertiary/aromatic N) is 3. The van der Waals surface area contributed by atoms with Crippen molar-refractivity contribution in [3.63, 3.8) is 0 Å². The Morgan fingerprint density at radius 3 is 2.79 bits per heavy atom. The number of hydrogen-bond donors (Lipinski definition) is 1. The summed E-state index contributed by atoms with van der Waals surface area (Å²) in [5.41, 5.74) is 1.56. The fourth-order valence-electron chi connectivity index (χ4n) is 2.41. The summed E-state index contributed by atoms with van der Waals surface area (Å²) in [6.45, 7) is 3.06. The lowest BCUT2D eigenvalue weighted by Crippen LogP contribution is -2.33. The number of hydrogen-bond acceptors (Lipinski definition) is 6. The zero-order valence-corrected chi connectivity index (χ0v) is 10.5. The van der Waals surface area contributed by atoms with Gasteiger partial charge in [0.15, 0.2) is 5.52 Å². The standard InChI is InChI=1S/C12H14N4O3/c1-12(5-2-6-12)7-13-8-3-4-9(16(17)18)11-10(8)14-19-15-11/h3-4,13H,2,5-7H2,1H3. The van der Waals surface area contributed by atoms with E-state index in [9.17, 15) is 10.1 Å². The lowest BCUT2D eigenvalue weighted by atomic mass is 9.70. The van der Waals surface area contributed by atoms with Crippen LogP contribution in [0.4, 0.5) is 11.4 Å². The van der Waals surface area contributed by atoms with Crippen molar-refractivity contribution in [3.05, 3.63) is 22.2 Å². The summed E-state index contributed by atoms with van der Waals surface area (Å²) in [7, 11) is 0. The Morgan fingerprint density at radius 1 is 1.42 bits per heavy atom. The second kappa shape index (κ2) is 4.18. The predicted octanol–water partition coefficient (Wildman–Crippen LogP) is 2.73. The maximum atomic E-state index is 10.9. The SMILES string of the molecule is CC1(CNc2ccc([N+](=O)[O-])c3nonc23)CCC1. The number of benzene rings is 1. The van der Waals surface area contributed by atoms with Crippen LogP contribution in [0, 0.1) is 15.5 Å². The molecule has 1 aliphatic carbocycles. The van der Waals surface area contributed by atoms with Gasteiger partial charge in [-0.25, -0.2) is 4.63 Å². The van der Waals surface area contributed by atoms with Gasteiger partial charge in [-0.05, 0) is 34.6 Å². The zero-order chi connectivity index (χ0) is 13.5. The maximum absolute atomic E-state index is 10.9. The molecule has 2 aromatic rings. The zero-order valence-electron chi connectivity index (χ0n) is 10.5. The highest BCUT2D eigenvalue weighted by atomic mass is 16.6. The van der Waals surface area contributed by atoms with Gasteiger partial charge in [0.1, 0.15) is 0 Å². The summed E-state index contributed by atoms with van der Waals surface area (Å²) in [6.07, 6.45) is 3.67. The largest absolute Gasteiger partial charge is 0.383 e. The van der Waals surface area contributed by atoms with Gasteiger partial charge in [-0.1, -0.05) is 13.3 Å². The molecule has 0 bridgehead atoms. The molecule has 1 aromatic carbocycles. The molecule has 1 aromatic heterocycles. The van der Waals surface area contributed by atoms with E-state index in [0.717, 1.165) is 12.2 Å². The minimum Gasteiger partial charge on any atom is -0.383 e. The van der Waals surface area contributed by atoms with Gasteiger partial charge < -0.3 is 5.32 Å². The Morgan fingerprint density at radius 2 is 2.16 bits per heavy atom. The molecule has 7 nitrogen and oxygen atoms in total. The Kier molecular flexibility index (Phi) is 2.62. The van der Waals surface area contributed by atoms with E-state index in [-0.39, 0.29) is 11.2 Å². The molecule has 19 heavy (non-hydrogen) atoms. The first-order chi connectivity index (χ1) is 9.09. The van der Waals surface area contributed by atoms with Crippen LogP contribution in [0.1, 0.15) is 26.2 Å². The van der Waals surface area contributed by atoms with Crippen molar-refractivity contribution >= 4 is 22.4 Å². The lowest BCUT2D eigenvalue weighted by Gasteiger charge is -2.38. The number of anilines is 1. The highest BCUT2D eigenvalue weighted by Gasteiger charge is 2.31. The van der Waals surface area contributed by atoms with Crippen LogP contribution in [0.5, 0.6) is 0 Å². The topological polar surface area (TPSA) is 94.1 Å². The summed E-state index contributed by atoms with van der Waals surface area (Å²) in [5.74, 6) is 0. The van der Waals surface area contributed by atoms with E-state index in [1.54, 1.807) is 6.07 Å². The first-order valence-corrected chi connectivity index (χ1v) is 6.23. The average molecular weight is 262 g/mol. The Labute approximate surface area is 109 Å². The van der Waals surface area contributed by atoms with Crippen molar-refractivity contribution in [3.8, 4) is 0 Å². The van der Waals surface area contributed by atoms with Gasteiger partial charge in [-0.3, -0.25) is 10.1 Å². The molecule has 0 spiro atoms. The third-order valence-electron chi connectivity index (χ3n) is 3.86. The molecule has 1 aliphatic rings. The van der Waals surface area contributed by atoms with Crippen LogP contribution in [0.3, 0.4) is 0 Å². The molecule has 0 amide bonds. The number of fused-ring (bicyclic) bond motifs is 1. The van der Waals surface area contributed by atoms with E-state index in [1.165, 1.54) is 25.3 Å². The van der Waals surface area contributed by atoms with Crippen molar-refractivity contribution in [2.75, 3.05) is 11.9 Å². The van der Waals surface area contributed by atoms with E-state index < -0.39 is 4.92 Å². The van der Waals surface area contributed by atoms with Crippen LogP contribution >= 0.6 is 0 Å². The highest BCUT2D eigenvalue weighted by molar-refractivity contribution is 5.93. The third kappa shape index (κ3) is 2.00. The fourth-order valence-corrected chi connectivity index (χ4v) is 2.41. The van der Waals surface area contributed by atoms with Crippen LogP contribution in [0.15, 0.2) is 16.8 Å². The number of nitrogens with one attached hydrogen (secondary N) is 1. The molecular formula is C12H14N4O3. The average Bonchev–Trinajstić information content (AvgIpc) is 2.82. The van der Waals surface area contributed by atoms with Gasteiger partial charge in [0.2, 0.25) is 5.52 Å². The van der Waals surface area contributed by atoms with E-state index in [4.69, 9.17) is 0 Å². The molecule has 0 atom stereocenters. The number of aromatic nitrogens is 2. The summed E-state index contributed by atoms with van der Waals surface area (Å²) in [4.78, 5) is 10.4.